The van der Waals surface area contributed by atoms with E-state index >= 15 is 0 Å². The number of nitrogens with one attached hydrogen (secondary N) is 2. The lowest BCUT2D eigenvalue weighted by molar-refractivity contribution is -0.122. The van der Waals surface area contributed by atoms with Gasteiger partial charge in [0.2, 0.25) is 5.91 Å². The van der Waals surface area contributed by atoms with E-state index in [1.807, 2.05) is 51.1 Å². The number of hydrogen-bond acceptors (Lipinski definition) is 5. The zero-order valence-electron chi connectivity index (χ0n) is 19.6. The normalized spacial score (nSPS) is 11.3. The number of nitrogens with zero attached hydrogens (tertiary/aromatic N) is 1. The Morgan fingerprint density at radius 2 is 1.71 bits per heavy atom. The number of carbonyl (C=O) groups excluding carboxylic acids is 3. The van der Waals surface area contributed by atoms with E-state index in [-0.39, 0.29) is 42.3 Å². The second-order valence-electron chi connectivity index (χ2n) is 8.22. The average molecular weight is 460 g/mol. The van der Waals surface area contributed by atoms with Crippen LogP contribution in [-0.2, 0) is 9.59 Å². The van der Waals surface area contributed by atoms with Crippen LogP contribution in [-0.4, -0.2) is 28.4 Å². The fourth-order valence-electron chi connectivity index (χ4n) is 3.54. The van der Waals surface area contributed by atoms with E-state index in [1.54, 1.807) is 18.2 Å². The lowest BCUT2D eigenvalue weighted by Gasteiger charge is -2.09. The van der Waals surface area contributed by atoms with Gasteiger partial charge in [0.05, 0.1) is 5.56 Å². The summed E-state index contributed by atoms with van der Waals surface area (Å²) < 4.78 is 0. The molecule has 7 heteroatoms. The quantitative estimate of drug-likeness (QED) is 0.308. The number of Topliss-reactive ketones (excluding diaryl/α,β-unsaturated/α-hetero) is 1. The van der Waals surface area contributed by atoms with Gasteiger partial charge in [-0.25, -0.2) is 5.43 Å². The van der Waals surface area contributed by atoms with E-state index in [0.29, 0.717) is 23.2 Å². The first-order valence-corrected chi connectivity index (χ1v) is 11.2. The smallest absolute Gasteiger partial charge is 0.275 e. The summed E-state index contributed by atoms with van der Waals surface area (Å²) in [6.07, 6.45) is 0.643. The van der Waals surface area contributed by atoms with Gasteiger partial charge in [0.15, 0.2) is 0 Å². The Morgan fingerprint density at radius 3 is 2.44 bits per heavy atom. The van der Waals surface area contributed by atoms with Crippen molar-refractivity contribution in [3.8, 4) is 5.75 Å². The van der Waals surface area contributed by atoms with Crippen molar-refractivity contribution in [2.75, 3.05) is 5.32 Å². The zero-order valence-corrected chi connectivity index (χ0v) is 19.6. The number of fused-ring (bicyclic) bond motifs is 1. The SMILES string of the molecule is CC/C(CC(=O)CCC(=O)Nc1ccc(C)c(C)c1)=N\NC(=O)c1c(O)ccc2ccccc12. The van der Waals surface area contributed by atoms with Crippen molar-refractivity contribution >= 4 is 39.8 Å². The summed E-state index contributed by atoms with van der Waals surface area (Å²) in [6, 6.07) is 16.1. The molecule has 2 amide bonds. The minimum Gasteiger partial charge on any atom is -0.507 e. The fraction of sp³-hybridized carbons (Fsp3) is 0.259. The number of amides is 2. The Morgan fingerprint density at radius 1 is 0.941 bits per heavy atom. The van der Waals surface area contributed by atoms with Gasteiger partial charge in [-0.05, 0) is 60.4 Å². The molecule has 3 rings (SSSR count). The number of phenols is 1. The van der Waals surface area contributed by atoms with E-state index < -0.39 is 5.91 Å². The summed E-state index contributed by atoms with van der Waals surface area (Å²) in [5, 5.41) is 18.5. The van der Waals surface area contributed by atoms with Gasteiger partial charge in [0.25, 0.3) is 5.91 Å². The Balaban J connectivity index is 1.56. The highest BCUT2D eigenvalue weighted by Crippen LogP contribution is 2.27. The Hall–Kier alpha value is -4.00. The Bertz CT molecular complexity index is 1260. The van der Waals surface area contributed by atoms with Gasteiger partial charge in [-0.1, -0.05) is 43.3 Å². The predicted octanol–water partition coefficient (Wildman–Crippen LogP) is 5.04. The highest BCUT2D eigenvalue weighted by atomic mass is 16.3. The lowest BCUT2D eigenvalue weighted by atomic mass is 10.0. The van der Waals surface area contributed by atoms with Crippen molar-refractivity contribution in [3.05, 3.63) is 71.3 Å². The molecule has 0 bridgehead atoms. The number of anilines is 1. The summed E-state index contributed by atoms with van der Waals surface area (Å²) in [4.78, 5) is 37.3. The maximum atomic E-state index is 12.7. The molecule has 0 radical (unpaired) electrons. The number of benzene rings is 3. The molecule has 0 saturated carbocycles. The zero-order chi connectivity index (χ0) is 24.7. The van der Waals surface area contributed by atoms with Crippen molar-refractivity contribution in [2.24, 2.45) is 5.10 Å². The molecule has 176 valence electrons. The maximum Gasteiger partial charge on any atom is 0.275 e. The molecule has 0 aliphatic rings. The molecule has 0 aliphatic carbocycles. The maximum absolute atomic E-state index is 12.7. The van der Waals surface area contributed by atoms with E-state index in [4.69, 9.17) is 0 Å². The molecule has 0 saturated heterocycles. The predicted molar refractivity (Wildman–Crippen MR) is 134 cm³/mol. The molecule has 0 spiro atoms. The summed E-state index contributed by atoms with van der Waals surface area (Å²) in [5.74, 6) is -1.07. The molecular weight excluding hydrogens is 430 g/mol. The molecule has 7 nitrogen and oxygen atoms in total. The van der Waals surface area contributed by atoms with E-state index in [9.17, 15) is 19.5 Å². The standard InChI is InChI=1S/C27H29N3O4/c1-4-20(16-22(31)12-14-25(33)28-21-11-9-17(2)18(3)15-21)29-30-27(34)26-23-8-6-5-7-19(23)10-13-24(26)32/h5-11,13,15,32H,4,12,14,16H2,1-3H3,(H,28,33)(H,30,34)/b29-20+. The summed E-state index contributed by atoms with van der Waals surface area (Å²) >= 11 is 0. The van der Waals surface area contributed by atoms with Gasteiger partial charge in [-0.15, -0.1) is 0 Å². The number of carbonyl (C=O) groups is 3. The van der Waals surface area contributed by atoms with Crippen molar-refractivity contribution in [1.82, 2.24) is 5.43 Å². The van der Waals surface area contributed by atoms with Gasteiger partial charge in [0, 0.05) is 30.7 Å². The first-order chi connectivity index (χ1) is 16.3. The third-order valence-electron chi connectivity index (χ3n) is 5.68. The van der Waals surface area contributed by atoms with Gasteiger partial charge >= 0.3 is 0 Å². The third-order valence-corrected chi connectivity index (χ3v) is 5.68. The summed E-state index contributed by atoms with van der Waals surface area (Å²) in [7, 11) is 0. The van der Waals surface area contributed by atoms with Crippen LogP contribution in [0, 0.1) is 13.8 Å². The molecule has 3 aromatic rings. The van der Waals surface area contributed by atoms with Crippen LogP contribution >= 0.6 is 0 Å². The second-order valence-corrected chi connectivity index (χ2v) is 8.22. The average Bonchev–Trinajstić information content (AvgIpc) is 2.82. The fourth-order valence-corrected chi connectivity index (χ4v) is 3.54. The van der Waals surface area contributed by atoms with E-state index in [2.05, 4.69) is 15.8 Å². The van der Waals surface area contributed by atoms with Gasteiger partial charge in [-0.3, -0.25) is 14.4 Å². The van der Waals surface area contributed by atoms with Crippen LogP contribution in [0.4, 0.5) is 5.69 Å². The third kappa shape index (κ3) is 6.28. The highest BCUT2D eigenvalue weighted by Gasteiger charge is 2.16. The van der Waals surface area contributed by atoms with Crippen LogP contribution in [0.25, 0.3) is 10.8 Å². The Kier molecular flexibility index (Phi) is 8.14. The molecule has 0 atom stereocenters. The molecule has 3 N–H and O–H groups in total. The van der Waals surface area contributed by atoms with Crippen molar-refractivity contribution < 1.29 is 19.5 Å². The van der Waals surface area contributed by atoms with Crippen LogP contribution in [0.2, 0.25) is 0 Å². The van der Waals surface area contributed by atoms with Gasteiger partial charge < -0.3 is 10.4 Å². The van der Waals surface area contributed by atoms with Gasteiger partial charge in [-0.2, -0.15) is 5.10 Å². The van der Waals surface area contributed by atoms with E-state index in [0.717, 1.165) is 16.5 Å². The Labute approximate surface area is 198 Å². The molecule has 3 aromatic carbocycles. The number of rotatable bonds is 9. The highest BCUT2D eigenvalue weighted by molar-refractivity contribution is 6.10. The first kappa shape index (κ1) is 24.6. The number of hydrogen-bond donors (Lipinski definition) is 3. The van der Waals surface area contributed by atoms with Crippen molar-refractivity contribution in [1.29, 1.82) is 0 Å². The molecule has 0 aliphatic heterocycles. The number of aromatic hydroxyl groups is 1. The largest absolute Gasteiger partial charge is 0.507 e. The molecular formula is C27H29N3O4. The van der Waals surface area contributed by atoms with Crippen LogP contribution in [0.3, 0.4) is 0 Å². The summed E-state index contributed by atoms with van der Waals surface area (Å²) in [5.41, 5.74) is 6.00. The van der Waals surface area contributed by atoms with E-state index in [1.165, 1.54) is 6.07 Å². The summed E-state index contributed by atoms with van der Waals surface area (Å²) in [6.45, 7) is 5.81. The molecule has 0 unspecified atom stereocenters. The number of hydrazone groups is 1. The monoisotopic (exact) mass is 459 g/mol. The number of ketones is 1. The minimum absolute atomic E-state index is 0.0369. The first-order valence-electron chi connectivity index (χ1n) is 11.2. The molecule has 0 fully saturated rings. The number of aryl methyl sites for hydroxylation is 2. The van der Waals surface area contributed by atoms with Crippen molar-refractivity contribution in [2.45, 2.75) is 46.5 Å². The molecule has 34 heavy (non-hydrogen) atoms. The lowest BCUT2D eigenvalue weighted by Crippen LogP contribution is -2.21. The number of phenolic OH excluding ortho intramolecular Hbond substituents is 1. The van der Waals surface area contributed by atoms with Crippen LogP contribution in [0.1, 0.15) is 54.1 Å². The van der Waals surface area contributed by atoms with Gasteiger partial charge in [0.1, 0.15) is 11.5 Å². The minimum atomic E-state index is -0.555. The second kappa shape index (κ2) is 11.2. The van der Waals surface area contributed by atoms with Crippen LogP contribution in [0.5, 0.6) is 5.75 Å². The topological polar surface area (TPSA) is 108 Å². The van der Waals surface area contributed by atoms with Crippen LogP contribution < -0.4 is 10.7 Å². The molecule has 0 heterocycles. The van der Waals surface area contributed by atoms with Crippen molar-refractivity contribution in [3.63, 3.8) is 0 Å². The van der Waals surface area contributed by atoms with Crippen LogP contribution in [0.15, 0.2) is 59.7 Å². The molecule has 0 aromatic heterocycles.